The number of ether oxygens (including phenoxy) is 1. The highest BCUT2D eigenvalue weighted by Crippen LogP contribution is 2.15. The Morgan fingerprint density at radius 3 is 2.39 bits per heavy atom. The number of carbonyl (C=O) groups is 2. The molecule has 6 nitrogen and oxygen atoms in total. The summed E-state index contributed by atoms with van der Waals surface area (Å²) in [6.45, 7) is 1.48. The van der Waals surface area contributed by atoms with Crippen LogP contribution in [0.25, 0.3) is 0 Å². The van der Waals surface area contributed by atoms with Crippen LogP contribution in [0.3, 0.4) is 0 Å². The molecule has 23 heavy (non-hydrogen) atoms. The molecular formula is C17H19N3O3. The van der Waals surface area contributed by atoms with Crippen LogP contribution in [0.2, 0.25) is 0 Å². The number of aromatic nitrogens is 1. The van der Waals surface area contributed by atoms with Crippen LogP contribution < -0.4 is 10.2 Å². The number of amides is 1. The number of anilines is 2. The molecule has 0 fully saturated rings. The van der Waals surface area contributed by atoms with Crippen LogP contribution in [-0.4, -0.2) is 37.6 Å². The predicted octanol–water partition coefficient (Wildman–Crippen LogP) is 2.25. The first-order valence-corrected chi connectivity index (χ1v) is 7.13. The van der Waals surface area contributed by atoms with E-state index in [4.69, 9.17) is 4.74 Å². The highest BCUT2D eigenvalue weighted by molar-refractivity contribution is 5.95. The maximum Gasteiger partial charge on any atom is 0.340 e. The molecule has 0 aliphatic rings. The van der Waals surface area contributed by atoms with Gasteiger partial charge in [-0.3, -0.25) is 9.78 Å². The van der Waals surface area contributed by atoms with Crippen molar-refractivity contribution in [1.29, 1.82) is 0 Å². The van der Waals surface area contributed by atoms with Crippen molar-refractivity contribution in [3.63, 3.8) is 0 Å². The van der Waals surface area contributed by atoms with Crippen molar-refractivity contribution in [3.05, 3.63) is 53.9 Å². The Hall–Kier alpha value is -2.89. The first-order valence-electron chi connectivity index (χ1n) is 7.13. The van der Waals surface area contributed by atoms with Crippen molar-refractivity contribution < 1.29 is 14.3 Å². The standard InChI is InChI=1S/C17H19N3O3/c1-12-4-5-13(10-18-12)17(22)23-11-16(21)19-14-6-8-15(9-7-14)20(2)3/h4-10H,11H2,1-3H3,(H,19,21). The molecule has 1 N–H and O–H groups in total. The van der Waals surface area contributed by atoms with Crippen LogP contribution in [0.5, 0.6) is 0 Å². The molecule has 0 radical (unpaired) electrons. The summed E-state index contributed by atoms with van der Waals surface area (Å²) in [4.78, 5) is 29.6. The van der Waals surface area contributed by atoms with Gasteiger partial charge >= 0.3 is 5.97 Å². The fourth-order valence-corrected chi connectivity index (χ4v) is 1.84. The topological polar surface area (TPSA) is 71.5 Å². The van der Waals surface area contributed by atoms with Gasteiger partial charge in [0.05, 0.1) is 5.56 Å². The Morgan fingerprint density at radius 1 is 1.13 bits per heavy atom. The lowest BCUT2D eigenvalue weighted by molar-refractivity contribution is -0.119. The Kier molecular flexibility index (Phi) is 5.30. The third-order valence-corrected chi connectivity index (χ3v) is 3.15. The van der Waals surface area contributed by atoms with Gasteiger partial charge in [0, 0.05) is 37.4 Å². The number of pyridine rings is 1. The lowest BCUT2D eigenvalue weighted by Crippen LogP contribution is -2.21. The van der Waals surface area contributed by atoms with Gasteiger partial charge in [0.1, 0.15) is 0 Å². The minimum Gasteiger partial charge on any atom is -0.452 e. The number of esters is 1. The van der Waals surface area contributed by atoms with Crippen molar-refractivity contribution >= 4 is 23.3 Å². The minimum absolute atomic E-state index is 0.318. The van der Waals surface area contributed by atoms with E-state index in [1.165, 1.54) is 6.20 Å². The van der Waals surface area contributed by atoms with Gasteiger partial charge in [0.15, 0.2) is 6.61 Å². The van der Waals surface area contributed by atoms with Crippen molar-refractivity contribution in [1.82, 2.24) is 4.98 Å². The quantitative estimate of drug-likeness (QED) is 0.857. The Bertz CT molecular complexity index is 679. The zero-order valence-corrected chi connectivity index (χ0v) is 13.4. The van der Waals surface area contributed by atoms with Gasteiger partial charge in [-0.1, -0.05) is 0 Å². The average Bonchev–Trinajstić information content (AvgIpc) is 2.54. The van der Waals surface area contributed by atoms with E-state index in [9.17, 15) is 9.59 Å². The van der Waals surface area contributed by atoms with Gasteiger partial charge in [-0.2, -0.15) is 0 Å². The molecule has 0 saturated heterocycles. The van der Waals surface area contributed by atoms with Crippen molar-refractivity contribution in [3.8, 4) is 0 Å². The summed E-state index contributed by atoms with van der Waals surface area (Å²) in [5.41, 5.74) is 2.80. The molecule has 0 aliphatic carbocycles. The number of hydrogen-bond acceptors (Lipinski definition) is 5. The maximum atomic E-state index is 11.8. The zero-order chi connectivity index (χ0) is 16.8. The zero-order valence-electron chi connectivity index (χ0n) is 13.4. The van der Waals surface area contributed by atoms with Crippen LogP contribution in [-0.2, 0) is 9.53 Å². The first kappa shape index (κ1) is 16.5. The maximum absolute atomic E-state index is 11.8. The molecule has 2 rings (SSSR count). The average molecular weight is 313 g/mol. The second-order valence-corrected chi connectivity index (χ2v) is 5.25. The molecule has 0 atom stereocenters. The molecule has 120 valence electrons. The van der Waals surface area contributed by atoms with E-state index in [1.54, 1.807) is 24.3 Å². The number of nitrogens with zero attached hydrogens (tertiary/aromatic N) is 2. The van der Waals surface area contributed by atoms with E-state index in [0.29, 0.717) is 11.3 Å². The molecule has 0 saturated carbocycles. The lowest BCUT2D eigenvalue weighted by Gasteiger charge is -2.13. The van der Waals surface area contributed by atoms with Gasteiger partial charge in [0.2, 0.25) is 0 Å². The van der Waals surface area contributed by atoms with Gasteiger partial charge in [-0.15, -0.1) is 0 Å². The van der Waals surface area contributed by atoms with Crippen LogP contribution in [0.15, 0.2) is 42.6 Å². The Labute approximate surface area is 135 Å². The highest BCUT2D eigenvalue weighted by atomic mass is 16.5. The summed E-state index contributed by atoms with van der Waals surface area (Å²) in [5, 5.41) is 2.67. The SMILES string of the molecule is Cc1ccc(C(=O)OCC(=O)Nc2ccc(N(C)C)cc2)cn1. The smallest absolute Gasteiger partial charge is 0.340 e. The summed E-state index contributed by atoms with van der Waals surface area (Å²) in [6.07, 6.45) is 1.43. The van der Waals surface area contributed by atoms with E-state index < -0.39 is 11.9 Å². The third kappa shape index (κ3) is 4.81. The number of nitrogens with one attached hydrogen (secondary N) is 1. The minimum atomic E-state index is -0.574. The number of carbonyl (C=O) groups excluding carboxylic acids is 2. The molecule has 1 aromatic heterocycles. The van der Waals surface area contributed by atoms with E-state index in [1.807, 2.05) is 38.1 Å². The number of aryl methyl sites for hydroxylation is 1. The summed E-state index contributed by atoms with van der Waals surface area (Å²) in [5.74, 6) is -0.966. The van der Waals surface area contributed by atoms with Crippen molar-refractivity contribution in [2.75, 3.05) is 30.9 Å². The second kappa shape index (κ2) is 7.40. The normalized spacial score (nSPS) is 10.0. The molecule has 0 unspecified atom stereocenters. The molecule has 1 heterocycles. The first-order chi connectivity index (χ1) is 11.0. The van der Waals surface area contributed by atoms with E-state index in [-0.39, 0.29) is 6.61 Å². The van der Waals surface area contributed by atoms with Crippen LogP contribution in [0.1, 0.15) is 16.1 Å². The van der Waals surface area contributed by atoms with Gasteiger partial charge in [-0.25, -0.2) is 4.79 Å². The van der Waals surface area contributed by atoms with Crippen LogP contribution in [0.4, 0.5) is 11.4 Å². The monoisotopic (exact) mass is 313 g/mol. The fourth-order valence-electron chi connectivity index (χ4n) is 1.84. The van der Waals surface area contributed by atoms with Crippen LogP contribution in [0, 0.1) is 6.92 Å². The van der Waals surface area contributed by atoms with Crippen molar-refractivity contribution in [2.45, 2.75) is 6.92 Å². The fraction of sp³-hybridized carbons (Fsp3) is 0.235. The molecule has 2 aromatic rings. The number of rotatable bonds is 5. The summed E-state index contributed by atoms with van der Waals surface area (Å²) in [6, 6.07) is 10.7. The summed E-state index contributed by atoms with van der Waals surface area (Å²) < 4.78 is 4.96. The highest BCUT2D eigenvalue weighted by Gasteiger charge is 2.10. The molecule has 1 aromatic carbocycles. The molecule has 0 spiro atoms. The lowest BCUT2D eigenvalue weighted by atomic mass is 10.2. The molecule has 1 amide bonds. The second-order valence-electron chi connectivity index (χ2n) is 5.25. The molecular weight excluding hydrogens is 294 g/mol. The summed E-state index contributed by atoms with van der Waals surface area (Å²) >= 11 is 0. The number of hydrogen-bond donors (Lipinski definition) is 1. The van der Waals surface area contributed by atoms with Crippen molar-refractivity contribution in [2.24, 2.45) is 0 Å². The van der Waals surface area contributed by atoms with Gasteiger partial charge in [0.25, 0.3) is 5.91 Å². The van der Waals surface area contributed by atoms with Gasteiger partial charge < -0.3 is 15.0 Å². The summed E-state index contributed by atoms with van der Waals surface area (Å²) in [7, 11) is 3.87. The van der Waals surface area contributed by atoms with E-state index >= 15 is 0 Å². The Morgan fingerprint density at radius 2 is 1.83 bits per heavy atom. The molecule has 0 aliphatic heterocycles. The molecule has 0 bridgehead atoms. The Balaban J connectivity index is 1.85. The molecule has 6 heteroatoms. The van der Waals surface area contributed by atoms with Crippen LogP contribution >= 0.6 is 0 Å². The number of benzene rings is 1. The van der Waals surface area contributed by atoms with Gasteiger partial charge in [-0.05, 0) is 43.3 Å². The third-order valence-electron chi connectivity index (χ3n) is 3.15. The largest absolute Gasteiger partial charge is 0.452 e. The van der Waals surface area contributed by atoms with E-state index in [0.717, 1.165) is 11.4 Å². The predicted molar refractivity (Wildman–Crippen MR) is 88.7 cm³/mol. The van der Waals surface area contributed by atoms with E-state index in [2.05, 4.69) is 10.3 Å².